The minimum Gasteiger partial charge on any atom is -0.326 e. The fraction of sp³-hybridized carbons (Fsp3) is 0.400. The molecule has 6 heteroatoms. The van der Waals surface area contributed by atoms with E-state index >= 15 is 0 Å². The molecule has 1 aliphatic rings. The standard InChI is InChI=1S/C25H32FN3O2/c1-2-23(27)18-31-28-24(19-7-4-3-5-8-19)9-6-15-29-16-14-21(17-29)25(30)20-10-12-22(26)13-11-20/h3-5,7-13,21,23,28H,2,6,14-18,27H2,1H3. The van der Waals surface area contributed by atoms with Gasteiger partial charge in [0.15, 0.2) is 5.78 Å². The summed E-state index contributed by atoms with van der Waals surface area (Å²) in [7, 11) is 0. The number of likely N-dealkylation sites (tertiary alicyclic amines) is 1. The maximum atomic E-state index is 13.1. The first kappa shape index (κ1) is 23.1. The number of halogens is 1. The van der Waals surface area contributed by atoms with Gasteiger partial charge in [-0.3, -0.25) is 15.1 Å². The summed E-state index contributed by atoms with van der Waals surface area (Å²) >= 11 is 0. The van der Waals surface area contributed by atoms with Gasteiger partial charge in [0.25, 0.3) is 0 Å². The highest BCUT2D eigenvalue weighted by atomic mass is 19.1. The molecule has 0 aliphatic carbocycles. The first-order valence-electron chi connectivity index (χ1n) is 11.0. The third kappa shape index (κ3) is 6.99. The summed E-state index contributed by atoms with van der Waals surface area (Å²) in [6.45, 7) is 4.97. The van der Waals surface area contributed by atoms with E-state index < -0.39 is 0 Å². The smallest absolute Gasteiger partial charge is 0.167 e. The van der Waals surface area contributed by atoms with Gasteiger partial charge in [0.2, 0.25) is 0 Å². The number of hydrogen-bond acceptors (Lipinski definition) is 5. The number of carbonyl (C=O) groups excluding carboxylic acids is 1. The van der Waals surface area contributed by atoms with Crippen molar-refractivity contribution in [3.05, 3.63) is 77.6 Å². The van der Waals surface area contributed by atoms with Crippen molar-refractivity contribution in [3.63, 3.8) is 0 Å². The molecule has 0 aromatic heterocycles. The van der Waals surface area contributed by atoms with E-state index in [-0.39, 0.29) is 23.6 Å². The van der Waals surface area contributed by atoms with Gasteiger partial charge in [-0.05, 0) is 55.6 Å². The van der Waals surface area contributed by atoms with Crippen LogP contribution in [0.5, 0.6) is 0 Å². The highest BCUT2D eigenvalue weighted by Crippen LogP contribution is 2.22. The minimum atomic E-state index is -0.320. The quantitative estimate of drug-likeness (QED) is 0.420. The van der Waals surface area contributed by atoms with Crippen LogP contribution in [0.1, 0.15) is 42.1 Å². The molecule has 1 fully saturated rings. The molecular weight excluding hydrogens is 393 g/mol. The van der Waals surface area contributed by atoms with Crippen LogP contribution >= 0.6 is 0 Å². The zero-order valence-corrected chi connectivity index (χ0v) is 18.1. The number of rotatable bonds is 11. The first-order chi connectivity index (χ1) is 15.1. The molecule has 2 aromatic carbocycles. The molecule has 2 atom stereocenters. The van der Waals surface area contributed by atoms with Crippen molar-refractivity contribution in [2.24, 2.45) is 11.7 Å². The van der Waals surface area contributed by atoms with Crippen LogP contribution in [-0.4, -0.2) is 43.0 Å². The summed E-state index contributed by atoms with van der Waals surface area (Å²) in [5.74, 6) is -0.245. The van der Waals surface area contributed by atoms with Crippen LogP contribution in [0.25, 0.3) is 5.70 Å². The summed E-state index contributed by atoms with van der Waals surface area (Å²) in [6.07, 6.45) is 4.65. The van der Waals surface area contributed by atoms with Gasteiger partial charge in [-0.25, -0.2) is 4.39 Å². The van der Waals surface area contributed by atoms with Crippen LogP contribution < -0.4 is 11.2 Å². The Morgan fingerprint density at radius 1 is 1.23 bits per heavy atom. The Hall–Kier alpha value is -2.54. The van der Waals surface area contributed by atoms with Crippen LogP contribution in [0, 0.1) is 11.7 Å². The normalized spacial score (nSPS) is 18.2. The molecule has 2 aromatic rings. The van der Waals surface area contributed by atoms with Crippen molar-refractivity contribution in [2.45, 2.75) is 32.2 Å². The molecule has 0 amide bonds. The van der Waals surface area contributed by atoms with Gasteiger partial charge in [-0.2, -0.15) is 0 Å². The molecule has 2 unspecified atom stereocenters. The number of ketones is 1. The lowest BCUT2D eigenvalue weighted by atomic mass is 9.97. The predicted octanol–water partition coefficient (Wildman–Crippen LogP) is 4.02. The van der Waals surface area contributed by atoms with E-state index in [4.69, 9.17) is 10.6 Å². The maximum Gasteiger partial charge on any atom is 0.167 e. The van der Waals surface area contributed by atoms with E-state index in [0.29, 0.717) is 12.2 Å². The highest BCUT2D eigenvalue weighted by Gasteiger charge is 2.28. The summed E-state index contributed by atoms with van der Waals surface area (Å²) < 4.78 is 13.1. The van der Waals surface area contributed by atoms with Gasteiger partial charge in [0.1, 0.15) is 5.82 Å². The molecule has 3 rings (SSSR count). The number of nitrogens with zero attached hydrogens (tertiary/aromatic N) is 1. The van der Waals surface area contributed by atoms with E-state index in [9.17, 15) is 9.18 Å². The summed E-state index contributed by atoms with van der Waals surface area (Å²) in [5.41, 5.74) is 11.5. The molecule has 0 bridgehead atoms. The fourth-order valence-electron chi connectivity index (χ4n) is 3.67. The van der Waals surface area contributed by atoms with Gasteiger partial charge >= 0.3 is 0 Å². The van der Waals surface area contributed by atoms with E-state index in [1.807, 2.05) is 37.3 Å². The van der Waals surface area contributed by atoms with Crippen molar-refractivity contribution < 1.29 is 14.0 Å². The van der Waals surface area contributed by atoms with Gasteiger partial charge in [-0.1, -0.05) is 43.3 Å². The largest absolute Gasteiger partial charge is 0.326 e. The Balaban J connectivity index is 1.53. The van der Waals surface area contributed by atoms with Crippen molar-refractivity contribution in [1.29, 1.82) is 0 Å². The fourth-order valence-corrected chi connectivity index (χ4v) is 3.67. The molecule has 0 saturated carbocycles. The molecule has 1 aliphatic heterocycles. The average molecular weight is 426 g/mol. The number of Topliss-reactive ketones (excluding diaryl/α,β-unsaturated/α-hetero) is 1. The van der Waals surface area contributed by atoms with E-state index in [1.165, 1.54) is 12.1 Å². The lowest BCUT2D eigenvalue weighted by molar-refractivity contribution is 0.0666. The van der Waals surface area contributed by atoms with Gasteiger partial charge in [0.05, 0.1) is 12.3 Å². The van der Waals surface area contributed by atoms with Crippen molar-refractivity contribution in [1.82, 2.24) is 10.4 Å². The lowest BCUT2D eigenvalue weighted by Crippen LogP contribution is -2.29. The molecule has 3 N–H and O–H groups in total. The molecule has 1 heterocycles. The zero-order chi connectivity index (χ0) is 22.1. The predicted molar refractivity (Wildman–Crippen MR) is 122 cm³/mol. The third-order valence-corrected chi connectivity index (χ3v) is 5.65. The van der Waals surface area contributed by atoms with Crippen molar-refractivity contribution in [2.75, 3.05) is 26.2 Å². The molecule has 0 radical (unpaired) electrons. The second kappa shape index (κ2) is 11.7. The summed E-state index contributed by atoms with van der Waals surface area (Å²) in [5, 5.41) is 0. The Bertz CT molecular complexity index is 855. The van der Waals surface area contributed by atoms with Crippen LogP contribution in [0.4, 0.5) is 4.39 Å². The summed E-state index contributed by atoms with van der Waals surface area (Å²) in [6, 6.07) is 15.9. The molecule has 31 heavy (non-hydrogen) atoms. The minimum absolute atomic E-state index is 0.00435. The second-order valence-corrected chi connectivity index (χ2v) is 8.01. The molecule has 166 valence electrons. The number of nitrogens with two attached hydrogens (primary N) is 1. The van der Waals surface area contributed by atoms with E-state index in [1.54, 1.807) is 12.1 Å². The SMILES string of the molecule is CCC(N)CONC(=CCCN1CCC(C(=O)c2ccc(F)cc2)C1)c1ccccc1. The maximum absolute atomic E-state index is 13.1. The second-order valence-electron chi connectivity index (χ2n) is 8.01. The zero-order valence-electron chi connectivity index (χ0n) is 18.1. The van der Waals surface area contributed by atoms with E-state index in [0.717, 1.165) is 50.2 Å². The van der Waals surface area contributed by atoms with Crippen LogP contribution in [0.2, 0.25) is 0 Å². The molecule has 5 nitrogen and oxygen atoms in total. The Labute approximate surface area is 184 Å². The molecule has 1 saturated heterocycles. The van der Waals surface area contributed by atoms with Gasteiger partial charge in [-0.15, -0.1) is 0 Å². The topological polar surface area (TPSA) is 67.6 Å². The molecular formula is C25H32FN3O2. The molecule has 0 spiro atoms. The number of benzene rings is 2. The number of carbonyl (C=O) groups is 1. The number of hydrogen-bond donors (Lipinski definition) is 2. The Morgan fingerprint density at radius 2 is 1.97 bits per heavy atom. The van der Waals surface area contributed by atoms with Crippen molar-refractivity contribution in [3.8, 4) is 0 Å². The highest BCUT2D eigenvalue weighted by molar-refractivity contribution is 5.98. The average Bonchev–Trinajstić information content (AvgIpc) is 3.27. The third-order valence-electron chi connectivity index (χ3n) is 5.65. The van der Waals surface area contributed by atoms with Crippen LogP contribution in [0.3, 0.4) is 0 Å². The Morgan fingerprint density at radius 3 is 2.68 bits per heavy atom. The van der Waals surface area contributed by atoms with E-state index in [2.05, 4.69) is 16.5 Å². The Kier molecular flexibility index (Phi) is 8.76. The lowest BCUT2D eigenvalue weighted by Gasteiger charge is -2.17. The monoisotopic (exact) mass is 425 g/mol. The first-order valence-corrected chi connectivity index (χ1v) is 11.0. The summed E-state index contributed by atoms with van der Waals surface area (Å²) in [4.78, 5) is 20.6. The van der Waals surface area contributed by atoms with Crippen LogP contribution in [-0.2, 0) is 4.84 Å². The van der Waals surface area contributed by atoms with Crippen LogP contribution in [0.15, 0.2) is 60.7 Å². The van der Waals surface area contributed by atoms with Gasteiger partial charge < -0.3 is 10.6 Å². The number of nitrogens with one attached hydrogen (secondary N) is 1. The van der Waals surface area contributed by atoms with Crippen molar-refractivity contribution >= 4 is 11.5 Å². The van der Waals surface area contributed by atoms with Gasteiger partial charge in [0, 0.05) is 30.6 Å². The number of hydroxylamine groups is 1.